The Hall–Kier alpha value is -3.53. The van der Waals surface area contributed by atoms with Crippen LogP contribution in [0.2, 0.25) is 18.1 Å². The van der Waals surface area contributed by atoms with Crippen LogP contribution in [-0.4, -0.2) is 80.9 Å². The molecule has 2 atom stereocenters. The highest BCUT2D eigenvalue weighted by molar-refractivity contribution is 6.72. The topological polar surface area (TPSA) is 69.1 Å². The molecule has 7 nitrogen and oxygen atoms in total. The van der Waals surface area contributed by atoms with E-state index in [1.807, 2.05) is 13.1 Å². The fourth-order valence-electron chi connectivity index (χ4n) is 7.18. The molecule has 0 aliphatic carbocycles. The van der Waals surface area contributed by atoms with E-state index >= 15 is 0 Å². The lowest BCUT2D eigenvalue weighted by molar-refractivity contribution is -0.143. The SMILES string of the molecule is Cc1cc(F)ccc1-c1cc(N2C[C@@H]3COCCN3C[C@H]2CCC(C)(C)[Si](C)(C)O)ncc1N(C)C(=O)C(C)(C)c1cc(C(F)(F)F)cc(C(F)(F)F)c1. The molecule has 296 valence electrons. The number of likely N-dealkylation sites (N-methyl/N-ethyl adjacent to an activating group) is 1. The summed E-state index contributed by atoms with van der Waals surface area (Å²) in [6.45, 7) is 15.6. The Balaban J connectivity index is 1.59. The van der Waals surface area contributed by atoms with E-state index in [1.54, 1.807) is 19.1 Å². The average molecular weight is 783 g/mol. The lowest BCUT2D eigenvalue weighted by Gasteiger charge is -2.49. The van der Waals surface area contributed by atoms with Gasteiger partial charge >= 0.3 is 12.4 Å². The second kappa shape index (κ2) is 14.8. The highest BCUT2D eigenvalue weighted by Crippen LogP contribution is 2.44. The molecule has 3 aromatic rings. The van der Waals surface area contributed by atoms with Gasteiger partial charge in [0.25, 0.3) is 0 Å². The molecule has 1 N–H and O–H groups in total. The number of aryl methyl sites for hydroxylation is 1. The predicted molar refractivity (Wildman–Crippen MR) is 198 cm³/mol. The molecule has 5 rings (SSSR count). The number of fused-ring (bicyclic) bond motifs is 1. The Kier molecular flexibility index (Phi) is 11.4. The molecular weight excluding hydrogens is 734 g/mol. The van der Waals surface area contributed by atoms with Crippen molar-refractivity contribution in [2.45, 2.75) is 95.4 Å². The Morgan fingerprint density at radius 3 is 2.13 bits per heavy atom. The van der Waals surface area contributed by atoms with E-state index in [-0.39, 0.29) is 28.9 Å². The van der Waals surface area contributed by atoms with Gasteiger partial charge in [0, 0.05) is 38.3 Å². The summed E-state index contributed by atoms with van der Waals surface area (Å²) in [6.07, 6.45) is -7.19. The molecule has 0 bridgehead atoms. The molecule has 0 spiro atoms. The molecule has 3 heterocycles. The predicted octanol–water partition coefficient (Wildman–Crippen LogP) is 8.82. The van der Waals surface area contributed by atoms with Gasteiger partial charge in [-0.1, -0.05) is 19.9 Å². The van der Waals surface area contributed by atoms with E-state index in [2.05, 4.69) is 23.6 Å². The van der Waals surface area contributed by atoms with Crippen molar-refractivity contribution in [2.24, 2.45) is 0 Å². The normalized spacial score (nSPS) is 19.1. The van der Waals surface area contributed by atoms with Gasteiger partial charge in [0.2, 0.25) is 5.91 Å². The second-order valence-corrected chi connectivity index (χ2v) is 20.8. The van der Waals surface area contributed by atoms with Crippen LogP contribution in [0.1, 0.15) is 62.8 Å². The maximum atomic E-state index is 14.4. The largest absolute Gasteiger partial charge is 0.432 e. The number of pyridine rings is 1. The highest BCUT2D eigenvalue weighted by Gasteiger charge is 2.43. The molecular formula is C39H49F7N4O3Si. The molecule has 0 saturated carbocycles. The summed E-state index contributed by atoms with van der Waals surface area (Å²) >= 11 is 0. The Morgan fingerprint density at radius 1 is 0.944 bits per heavy atom. The van der Waals surface area contributed by atoms with Crippen LogP contribution in [0.15, 0.2) is 48.7 Å². The fourth-order valence-corrected chi connectivity index (χ4v) is 7.93. The first-order chi connectivity index (χ1) is 24.8. The van der Waals surface area contributed by atoms with Crippen molar-refractivity contribution in [2.75, 3.05) is 49.7 Å². The van der Waals surface area contributed by atoms with Gasteiger partial charge in [-0.05, 0) is 105 Å². The first-order valence-corrected chi connectivity index (χ1v) is 20.9. The molecule has 54 heavy (non-hydrogen) atoms. The summed E-state index contributed by atoms with van der Waals surface area (Å²) in [4.78, 5) is 36.0. The summed E-state index contributed by atoms with van der Waals surface area (Å²) in [6, 6.07) is 7.26. The molecule has 2 saturated heterocycles. The minimum atomic E-state index is -5.09. The number of hydrogen-bond acceptors (Lipinski definition) is 6. The number of benzene rings is 2. The third kappa shape index (κ3) is 8.63. The first-order valence-electron chi connectivity index (χ1n) is 18.0. The van der Waals surface area contributed by atoms with Crippen LogP contribution in [0, 0.1) is 12.7 Å². The molecule has 2 aliphatic rings. The van der Waals surface area contributed by atoms with Crippen LogP contribution in [0.4, 0.5) is 42.2 Å². The number of carbonyl (C=O) groups excluding carboxylic acids is 1. The van der Waals surface area contributed by atoms with Gasteiger partial charge in [-0.25, -0.2) is 9.37 Å². The summed E-state index contributed by atoms with van der Waals surface area (Å²) in [5.74, 6) is -0.678. The maximum Gasteiger partial charge on any atom is 0.416 e. The highest BCUT2D eigenvalue weighted by atomic mass is 28.4. The lowest BCUT2D eigenvalue weighted by atomic mass is 9.81. The van der Waals surface area contributed by atoms with E-state index in [0.717, 1.165) is 25.9 Å². The number of ether oxygens (including phenoxy) is 1. The number of carbonyl (C=O) groups is 1. The number of halogens is 7. The van der Waals surface area contributed by atoms with Crippen molar-refractivity contribution in [3.8, 4) is 11.1 Å². The summed E-state index contributed by atoms with van der Waals surface area (Å²) in [5.41, 5.74) is -3.53. The number of hydrogen-bond donors (Lipinski definition) is 1. The van der Waals surface area contributed by atoms with Crippen LogP contribution in [0.25, 0.3) is 11.1 Å². The minimum absolute atomic E-state index is 0.00229. The average Bonchev–Trinajstić information content (AvgIpc) is 3.08. The van der Waals surface area contributed by atoms with Gasteiger partial charge in [0.05, 0.1) is 47.7 Å². The minimum Gasteiger partial charge on any atom is -0.432 e. The summed E-state index contributed by atoms with van der Waals surface area (Å²) in [5, 5.41) is -0.273. The zero-order valence-corrected chi connectivity index (χ0v) is 32.9. The van der Waals surface area contributed by atoms with E-state index < -0.39 is 54.5 Å². The molecule has 2 fully saturated rings. The van der Waals surface area contributed by atoms with Crippen molar-refractivity contribution >= 4 is 25.7 Å². The van der Waals surface area contributed by atoms with Crippen LogP contribution in [0.3, 0.4) is 0 Å². The van der Waals surface area contributed by atoms with Gasteiger partial charge in [0.15, 0.2) is 8.32 Å². The third-order valence-electron chi connectivity index (χ3n) is 11.6. The molecule has 0 unspecified atom stereocenters. The van der Waals surface area contributed by atoms with Crippen LogP contribution in [-0.2, 0) is 27.3 Å². The third-order valence-corrected chi connectivity index (χ3v) is 15.1. The standard InChI is InChI=1S/C39H49F7N4O3Si/c1-24-15-28(40)9-10-31(24)32-19-34(50-22-30-23-53-14-13-49(30)21-29(50)11-12-36(2,3)54(7,8)52)47-20-33(32)48(6)35(51)37(4,5)25-16-26(38(41,42)43)18-27(17-25)39(44,45)46/h9-10,15-20,29-30,52H,11-14,21-23H2,1-8H3/t29-,30-/m1/s1. The van der Waals surface area contributed by atoms with Crippen LogP contribution < -0.4 is 9.80 Å². The number of piperazine rings is 1. The quantitative estimate of drug-likeness (QED) is 0.173. The number of aromatic nitrogens is 1. The molecule has 15 heteroatoms. The number of nitrogens with zero attached hydrogens (tertiary/aromatic N) is 4. The number of amides is 1. The Labute approximate surface area is 313 Å². The van der Waals surface area contributed by atoms with Gasteiger partial charge in [0.1, 0.15) is 11.6 Å². The summed E-state index contributed by atoms with van der Waals surface area (Å²) in [7, 11) is -1.12. The smallest absolute Gasteiger partial charge is 0.416 e. The molecule has 0 radical (unpaired) electrons. The van der Waals surface area contributed by atoms with E-state index in [4.69, 9.17) is 9.72 Å². The van der Waals surface area contributed by atoms with Crippen molar-refractivity contribution in [3.63, 3.8) is 0 Å². The van der Waals surface area contributed by atoms with E-state index in [1.165, 1.54) is 44.1 Å². The van der Waals surface area contributed by atoms with Gasteiger partial charge in [-0.2, -0.15) is 26.3 Å². The van der Waals surface area contributed by atoms with Crippen molar-refractivity contribution in [3.05, 3.63) is 76.7 Å². The zero-order chi connectivity index (χ0) is 40.2. The fraction of sp³-hybridized carbons (Fsp3) is 0.538. The molecule has 1 amide bonds. The monoisotopic (exact) mass is 782 g/mol. The Bertz CT molecular complexity index is 1830. The molecule has 2 aromatic carbocycles. The molecule has 2 aliphatic heterocycles. The van der Waals surface area contributed by atoms with E-state index in [0.29, 0.717) is 54.4 Å². The maximum absolute atomic E-state index is 14.4. The van der Waals surface area contributed by atoms with Gasteiger partial charge in [-0.3, -0.25) is 9.69 Å². The van der Waals surface area contributed by atoms with Gasteiger partial charge in [-0.15, -0.1) is 0 Å². The van der Waals surface area contributed by atoms with Gasteiger partial charge < -0.3 is 19.3 Å². The van der Waals surface area contributed by atoms with Crippen molar-refractivity contribution < 1.29 is 45.1 Å². The number of anilines is 2. The second-order valence-electron chi connectivity index (χ2n) is 16.3. The summed E-state index contributed by atoms with van der Waals surface area (Å²) < 4.78 is 103. The van der Waals surface area contributed by atoms with E-state index in [9.17, 15) is 40.3 Å². The first kappa shape index (κ1) is 41.6. The van der Waals surface area contributed by atoms with Crippen molar-refractivity contribution in [1.29, 1.82) is 0 Å². The van der Waals surface area contributed by atoms with Crippen LogP contribution >= 0.6 is 0 Å². The number of morpholine rings is 1. The van der Waals surface area contributed by atoms with Crippen LogP contribution in [0.5, 0.6) is 0 Å². The molecule has 1 aromatic heterocycles. The number of alkyl halides is 6. The lowest BCUT2D eigenvalue weighted by Crippen LogP contribution is -2.62. The number of rotatable bonds is 9. The zero-order valence-electron chi connectivity index (χ0n) is 31.9. The Morgan fingerprint density at radius 2 is 1.56 bits per heavy atom. The van der Waals surface area contributed by atoms with Crippen molar-refractivity contribution in [1.82, 2.24) is 9.88 Å².